The van der Waals surface area contributed by atoms with Crippen LogP contribution in [0.4, 0.5) is 0 Å². The van der Waals surface area contributed by atoms with E-state index >= 15 is 0 Å². The van der Waals surface area contributed by atoms with Crippen molar-refractivity contribution in [1.82, 2.24) is 9.88 Å². The molecule has 2 aromatic rings. The number of carbonyl (C=O) groups excluding carboxylic acids is 1. The number of benzene rings is 1. The Balaban J connectivity index is 1.80. The summed E-state index contributed by atoms with van der Waals surface area (Å²) in [5.74, 6) is 0.131. The van der Waals surface area contributed by atoms with Crippen molar-refractivity contribution in [3.05, 3.63) is 36.0 Å². The van der Waals surface area contributed by atoms with E-state index in [1.54, 1.807) is 0 Å². The van der Waals surface area contributed by atoms with Crippen LogP contribution < -0.4 is 0 Å². The number of aromatic amines is 1. The predicted octanol–water partition coefficient (Wildman–Crippen LogP) is 3.43. The maximum Gasteiger partial charge on any atom is 0.270 e. The molecule has 100 valence electrons. The molecule has 1 aromatic carbocycles. The summed E-state index contributed by atoms with van der Waals surface area (Å²) in [5.41, 5.74) is 2.11. The summed E-state index contributed by atoms with van der Waals surface area (Å²) in [6, 6.07) is 9.97. The van der Waals surface area contributed by atoms with Gasteiger partial charge in [0.1, 0.15) is 5.69 Å². The number of likely N-dealkylation sites (tertiary alicyclic amines) is 1. The van der Waals surface area contributed by atoms with E-state index in [0.717, 1.165) is 36.8 Å². The lowest BCUT2D eigenvalue weighted by molar-refractivity contribution is 0.0625. The number of hydrogen-bond acceptors (Lipinski definition) is 1. The van der Waals surface area contributed by atoms with Crippen LogP contribution in [0.3, 0.4) is 0 Å². The topological polar surface area (TPSA) is 36.1 Å². The molecule has 0 bridgehead atoms. The lowest BCUT2D eigenvalue weighted by atomic mass is 9.82. The van der Waals surface area contributed by atoms with Gasteiger partial charge < -0.3 is 9.88 Å². The molecule has 1 N–H and O–H groups in total. The van der Waals surface area contributed by atoms with Crippen LogP contribution in [0.2, 0.25) is 0 Å². The van der Waals surface area contributed by atoms with Gasteiger partial charge in [-0.05, 0) is 30.4 Å². The Bertz CT molecular complexity index is 569. The van der Waals surface area contributed by atoms with Crippen molar-refractivity contribution in [2.45, 2.75) is 26.7 Å². The van der Waals surface area contributed by atoms with Gasteiger partial charge in [-0.15, -0.1) is 0 Å². The molecule has 0 saturated carbocycles. The molecule has 2 heterocycles. The Labute approximate surface area is 113 Å². The van der Waals surface area contributed by atoms with Crippen molar-refractivity contribution in [1.29, 1.82) is 0 Å². The van der Waals surface area contributed by atoms with Crippen LogP contribution >= 0.6 is 0 Å². The van der Waals surface area contributed by atoms with Crippen molar-refractivity contribution in [3.8, 4) is 0 Å². The maximum atomic E-state index is 12.5. The highest BCUT2D eigenvalue weighted by Crippen LogP contribution is 2.30. The first-order valence-corrected chi connectivity index (χ1v) is 6.92. The average Bonchev–Trinajstić information content (AvgIpc) is 2.81. The van der Waals surface area contributed by atoms with E-state index in [9.17, 15) is 4.79 Å². The molecule has 3 rings (SSSR count). The predicted molar refractivity (Wildman–Crippen MR) is 77.2 cm³/mol. The highest BCUT2D eigenvalue weighted by Gasteiger charge is 2.28. The molecule has 1 saturated heterocycles. The summed E-state index contributed by atoms with van der Waals surface area (Å²) in [4.78, 5) is 17.7. The number of amides is 1. The normalized spacial score (nSPS) is 18.7. The molecule has 1 aliphatic heterocycles. The van der Waals surface area contributed by atoms with Gasteiger partial charge in [0.25, 0.3) is 5.91 Å². The van der Waals surface area contributed by atoms with E-state index in [-0.39, 0.29) is 5.91 Å². The molecule has 3 heteroatoms. The molecule has 1 aliphatic rings. The van der Waals surface area contributed by atoms with Gasteiger partial charge in [-0.1, -0.05) is 32.0 Å². The molecule has 19 heavy (non-hydrogen) atoms. The third-order valence-electron chi connectivity index (χ3n) is 4.16. The Morgan fingerprint density at radius 2 is 1.89 bits per heavy atom. The SMILES string of the molecule is CC1(C)CCN(C(=O)c2cc3ccccc3[nH]2)CC1. The van der Waals surface area contributed by atoms with Gasteiger partial charge in [0.05, 0.1) is 0 Å². The fourth-order valence-electron chi connectivity index (χ4n) is 2.67. The molecular weight excluding hydrogens is 236 g/mol. The fraction of sp³-hybridized carbons (Fsp3) is 0.438. The fourth-order valence-corrected chi connectivity index (χ4v) is 2.67. The minimum absolute atomic E-state index is 0.131. The number of hydrogen-bond donors (Lipinski definition) is 1. The number of para-hydroxylation sites is 1. The number of piperidine rings is 1. The molecule has 1 aromatic heterocycles. The molecule has 0 aliphatic carbocycles. The monoisotopic (exact) mass is 256 g/mol. The van der Waals surface area contributed by atoms with Crippen LogP contribution in [0.15, 0.2) is 30.3 Å². The Morgan fingerprint density at radius 3 is 2.58 bits per heavy atom. The van der Waals surface area contributed by atoms with Crippen LogP contribution in [0.5, 0.6) is 0 Å². The van der Waals surface area contributed by atoms with Gasteiger partial charge in [0.15, 0.2) is 0 Å². The average molecular weight is 256 g/mol. The van der Waals surface area contributed by atoms with Crippen LogP contribution in [0, 0.1) is 5.41 Å². The van der Waals surface area contributed by atoms with Crippen molar-refractivity contribution in [3.63, 3.8) is 0 Å². The first-order valence-electron chi connectivity index (χ1n) is 6.92. The van der Waals surface area contributed by atoms with E-state index in [2.05, 4.69) is 18.8 Å². The molecular formula is C16H20N2O. The molecule has 0 atom stereocenters. The minimum atomic E-state index is 0.131. The summed E-state index contributed by atoms with van der Waals surface area (Å²) in [6.07, 6.45) is 2.16. The summed E-state index contributed by atoms with van der Waals surface area (Å²) < 4.78 is 0. The zero-order valence-corrected chi connectivity index (χ0v) is 11.6. The van der Waals surface area contributed by atoms with E-state index in [1.165, 1.54) is 0 Å². The van der Waals surface area contributed by atoms with E-state index in [1.807, 2.05) is 35.2 Å². The zero-order valence-electron chi connectivity index (χ0n) is 11.6. The number of fused-ring (bicyclic) bond motifs is 1. The first-order chi connectivity index (χ1) is 9.05. The summed E-state index contributed by atoms with van der Waals surface area (Å²) in [6.45, 7) is 6.28. The van der Waals surface area contributed by atoms with Gasteiger partial charge in [-0.3, -0.25) is 4.79 Å². The highest BCUT2D eigenvalue weighted by atomic mass is 16.2. The van der Waals surface area contributed by atoms with Gasteiger partial charge in [0.2, 0.25) is 0 Å². The van der Waals surface area contributed by atoms with E-state index in [0.29, 0.717) is 11.1 Å². The second-order valence-electron chi connectivity index (χ2n) is 6.23. The van der Waals surface area contributed by atoms with E-state index in [4.69, 9.17) is 0 Å². The van der Waals surface area contributed by atoms with Crippen molar-refractivity contribution in [2.75, 3.05) is 13.1 Å². The number of nitrogens with zero attached hydrogens (tertiary/aromatic N) is 1. The van der Waals surface area contributed by atoms with Gasteiger partial charge in [-0.2, -0.15) is 0 Å². The largest absolute Gasteiger partial charge is 0.351 e. The Kier molecular flexibility index (Phi) is 2.85. The Hall–Kier alpha value is -1.77. The molecule has 0 spiro atoms. The third-order valence-corrected chi connectivity index (χ3v) is 4.16. The standard InChI is InChI=1S/C16H20N2O/c1-16(2)7-9-18(10-8-16)15(19)14-11-12-5-3-4-6-13(12)17-14/h3-6,11,17H,7-10H2,1-2H3. The molecule has 0 unspecified atom stereocenters. The summed E-state index contributed by atoms with van der Waals surface area (Å²) >= 11 is 0. The quantitative estimate of drug-likeness (QED) is 0.833. The van der Waals surface area contributed by atoms with Crippen LogP contribution in [0.1, 0.15) is 37.2 Å². The summed E-state index contributed by atoms with van der Waals surface area (Å²) in [7, 11) is 0. The highest BCUT2D eigenvalue weighted by molar-refractivity contribution is 5.98. The third kappa shape index (κ3) is 2.37. The number of nitrogens with one attached hydrogen (secondary N) is 1. The molecule has 1 amide bonds. The minimum Gasteiger partial charge on any atom is -0.351 e. The molecule has 1 fully saturated rings. The van der Waals surface area contributed by atoms with Crippen molar-refractivity contribution < 1.29 is 4.79 Å². The number of H-pyrrole nitrogens is 1. The van der Waals surface area contributed by atoms with Gasteiger partial charge in [-0.25, -0.2) is 0 Å². The summed E-state index contributed by atoms with van der Waals surface area (Å²) in [5, 5.41) is 1.10. The molecule has 0 radical (unpaired) electrons. The van der Waals surface area contributed by atoms with Crippen LogP contribution in [0.25, 0.3) is 10.9 Å². The second-order valence-corrected chi connectivity index (χ2v) is 6.23. The number of rotatable bonds is 1. The van der Waals surface area contributed by atoms with Crippen molar-refractivity contribution >= 4 is 16.8 Å². The van der Waals surface area contributed by atoms with Crippen molar-refractivity contribution in [2.24, 2.45) is 5.41 Å². The van der Waals surface area contributed by atoms with Crippen LogP contribution in [-0.4, -0.2) is 28.9 Å². The lowest BCUT2D eigenvalue weighted by Gasteiger charge is -2.36. The molecule has 3 nitrogen and oxygen atoms in total. The Morgan fingerprint density at radius 1 is 1.21 bits per heavy atom. The van der Waals surface area contributed by atoms with E-state index < -0.39 is 0 Å². The smallest absolute Gasteiger partial charge is 0.270 e. The number of carbonyl (C=O) groups is 1. The van der Waals surface area contributed by atoms with Gasteiger partial charge in [0, 0.05) is 24.0 Å². The second kappa shape index (κ2) is 4.41. The van der Waals surface area contributed by atoms with Gasteiger partial charge >= 0.3 is 0 Å². The number of aromatic nitrogens is 1. The zero-order chi connectivity index (χ0) is 13.5. The maximum absolute atomic E-state index is 12.5. The van der Waals surface area contributed by atoms with Crippen LogP contribution in [-0.2, 0) is 0 Å². The lowest BCUT2D eigenvalue weighted by Crippen LogP contribution is -2.41. The first kappa shape index (κ1) is 12.3.